The minimum atomic E-state index is -4.17. The van der Waals surface area contributed by atoms with Crippen molar-refractivity contribution >= 4 is 10.1 Å². The number of rotatable bonds is 14. The maximum absolute atomic E-state index is 11.2. The summed E-state index contributed by atoms with van der Waals surface area (Å²) in [5.41, 5.74) is 0. The van der Waals surface area contributed by atoms with Crippen LogP contribution >= 0.6 is 0 Å². The fourth-order valence-electron chi connectivity index (χ4n) is 2.57. The molecule has 0 heterocycles. The van der Waals surface area contributed by atoms with Gasteiger partial charge in [0.15, 0.2) is 0 Å². The van der Waals surface area contributed by atoms with Gasteiger partial charge in [0, 0.05) is 5.25 Å². The second-order valence-electron chi connectivity index (χ2n) is 6.04. The average Bonchev–Trinajstić information content (AvgIpc) is 2.41. The quantitative estimate of drug-likeness (QED) is 0.290. The third kappa shape index (κ3) is 14.5. The molecule has 0 fully saturated rings. The summed E-state index contributed by atoms with van der Waals surface area (Å²) in [6.07, 6.45) is 10.0. The van der Waals surface area contributed by atoms with Crippen LogP contribution in [0.15, 0.2) is 0 Å². The molecule has 2 atom stereocenters. The van der Waals surface area contributed by atoms with E-state index in [-0.39, 0.29) is 35.7 Å². The first-order chi connectivity index (χ1) is 9.91. The van der Waals surface area contributed by atoms with Crippen LogP contribution in [0.4, 0.5) is 0 Å². The van der Waals surface area contributed by atoms with E-state index < -0.39 is 15.4 Å². The molecule has 0 saturated carbocycles. The van der Waals surface area contributed by atoms with E-state index in [4.69, 9.17) is 0 Å². The second kappa shape index (κ2) is 15.4. The van der Waals surface area contributed by atoms with Gasteiger partial charge in [-0.3, -0.25) is 0 Å². The van der Waals surface area contributed by atoms with Crippen molar-refractivity contribution in [1.29, 1.82) is 0 Å². The Morgan fingerprint density at radius 3 is 1.77 bits per heavy atom. The standard InChI is InChI=1S/C16H34O4S.Na/c1-3-5-7-8-11-15(17)12-9-10-14-16(13-6-4-2)21(18,19)20;/h15-17H,3-14H2,1-2H3,(H,18,19,20);/q;+1/p-1. The number of hydrogen-bond donors (Lipinski definition) is 1. The van der Waals surface area contributed by atoms with E-state index >= 15 is 0 Å². The fourth-order valence-corrected chi connectivity index (χ4v) is 3.48. The molecule has 6 heteroatoms. The summed E-state index contributed by atoms with van der Waals surface area (Å²) in [5, 5.41) is 9.10. The van der Waals surface area contributed by atoms with Crippen molar-refractivity contribution in [3.05, 3.63) is 0 Å². The third-order valence-electron chi connectivity index (χ3n) is 3.99. The van der Waals surface area contributed by atoms with Crippen molar-refractivity contribution in [3.8, 4) is 0 Å². The Hall–Kier alpha value is 0.870. The van der Waals surface area contributed by atoms with E-state index in [1.165, 1.54) is 19.3 Å². The zero-order valence-corrected chi connectivity index (χ0v) is 17.5. The van der Waals surface area contributed by atoms with Crippen LogP contribution in [0, 0.1) is 0 Å². The summed E-state index contributed by atoms with van der Waals surface area (Å²) < 4.78 is 33.5. The molecule has 0 aliphatic heterocycles. The summed E-state index contributed by atoms with van der Waals surface area (Å²) in [7, 11) is -4.17. The minimum absolute atomic E-state index is 0. The summed E-state index contributed by atoms with van der Waals surface area (Å²) in [6.45, 7) is 4.15. The SMILES string of the molecule is CCCCCCC(O)CCCCC(CCCC)S(=O)(=O)[O-].[Na+]. The van der Waals surface area contributed by atoms with Crippen LogP contribution < -0.4 is 29.6 Å². The molecule has 0 radical (unpaired) electrons. The van der Waals surface area contributed by atoms with Crippen molar-refractivity contribution in [2.75, 3.05) is 0 Å². The van der Waals surface area contributed by atoms with Gasteiger partial charge in [-0.2, -0.15) is 0 Å². The molecule has 0 bridgehead atoms. The van der Waals surface area contributed by atoms with Gasteiger partial charge in [-0.05, 0) is 25.7 Å². The topological polar surface area (TPSA) is 77.4 Å². The first-order valence-corrected chi connectivity index (χ1v) is 10.0. The van der Waals surface area contributed by atoms with Crippen LogP contribution in [0.3, 0.4) is 0 Å². The Morgan fingerprint density at radius 1 is 0.818 bits per heavy atom. The maximum atomic E-state index is 11.2. The molecule has 4 nitrogen and oxygen atoms in total. The van der Waals surface area contributed by atoms with Gasteiger partial charge in [0.1, 0.15) is 0 Å². The molecule has 2 unspecified atom stereocenters. The zero-order valence-electron chi connectivity index (χ0n) is 14.7. The maximum Gasteiger partial charge on any atom is 1.00 e. The normalized spacial score (nSPS) is 14.4. The molecule has 128 valence electrons. The second-order valence-corrected chi connectivity index (χ2v) is 7.70. The summed E-state index contributed by atoms with van der Waals surface area (Å²) in [5.74, 6) is 0. The number of aliphatic hydroxyl groups is 1. The molecule has 1 N–H and O–H groups in total. The van der Waals surface area contributed by atoms with Gasteiger partial charge < -0.3 is 9.66 Å². The number of hydrogen-bond acceptors (Lipinski definition) is 4. The van der Waals surface area contributed by atoms with Crippen LogP contribution in [-0.4, -0.2) is 29.4 Å². The molecular formula is C16H33NaO4S. The van der Waals surface area contributed by atoms with Gasteiger partial charge >= 0.3 is 29.6 Å². The molecule has 0 saturated heterocycles. The average molecular weight is 344 g/mol. The molecule has 0 spiro atoms. The predicted molar refractivity (Wildman–Crippen MR) is 86.2 cm³/mol. The van der Waals surface area contributed by atoms with Gasteiger partial charge in [-0.15, -0.1) is 0 Å². The van der Waals surface area contributed by atoms with Gasteiger partial charge in [-0.1, -0.05) is 65.2 Å². The molecule has 0 aromatic carbocycles. The Bertz CT molecular complexity index is 333. The van der Waals surface area contributed by atoms with Crippen LogP contribution in [-0.2, 0) is 10.1 Å². The Morgan fingerprint density at radius 2 is 1.27 bits per heavy atom. The van der Waals surface area contributed by atoms with Gasteiger partial charge in [0.2, 0.25) is 0 Å². The first-order valence-electron chi connectivity index (χ1n) is 8.54. The van der Waals surface area contributed by atoms with Crippen LogP contribution in [0.2, 0.25) is 0 Å². The summed E-state index contributed by atoms with van der Waals surface area (Å²) in [4.78, 5) is 0. The molecule has 0 aliphatic rings. The molecule has 0 amide bonds. The Balaban J connectivity index is 0. The molecule has 0 aliphatic carbocycles. The van der Waals surface area contributed by atoms with Crippen molar-refractivity contribution in [2.24, 2.45) is 0 Å². The molecule has 0 aromatic heterocycles. The Labute approximate surface area is 159 Å². The van der Waals surface area contributed by atoms with Crippen LogP contribution in [0.1, 0.15) is 90.9 Å². The summed E-state index contributed by atoms with van der Waals surface area (Å²) in [6, 6.07) is 0. The van der Waals surface area contributed by atoms with Crippen molar-refractivity contribution < 1.29 is 47.6 Å². The first kappa shape index (κ1) is 25.1. The Kier molecular flexibility index (Phi) is 17.6. The largest absolute Gasteiger partial charge is 1.00 e. The minimum Gasteiger partial charge on any atom is -0.748 e. The third-order valence-corrected chi connectivity index (χ3v) is 5.28. The van der Waals surface area contributed by atoms with Crippen LogP contribution in [0.25, 0.3) is 0 Å². The molecular weight excluding hydrogens is 311 g/mol. The van der Waals surface area contributed by atoms with Crippen LogP contribution in [0.5, 0.6) is 0 Å². The fraction of sp³-hybridized carbons (Fsp3) is 1.00. The smallest absolute Gasteiger partial charge is 0.748 e. The zero-order chi connectivity index (χ0) is 16.1. The van der Waals surface area contributed by atoms with Crippen molar-refractivity contribution in [2.45, 2.75) is 102 Å². The van der Waals surface area contributed by atoms with Crippen molar-refractivity contribution in [3.63, 3.8) is 0 Å². The van der Waals surface area contributed by atoms with E-state index in [2.05, 4.69) is 6.92 Å². The van der Waals surface area contributed by atoms with Crippen molar-refractivity contribution in [1.82, 2.24) is 0 Å². The van der Waals surface area contributed by atoms with E-state index in [0.717, 1.165) is 32.1 Å². The number of unbranched alkanes of at least 4 members (excludes halogenated alkanes) is 5. The summed E-state index contributed by atoms with van der Waals surface area (Å²) >= 11 is 0. The van der Waals surface area contributed by atoms with E-state index in [9.17, 15) is 18.1 Å². The molecule has 0 aromatic rings. The van der Waals surface area contributed by atoms with E-state index in [0.29, 0.717) is 25.7 Å². The van der Waals surface area contributed by atoms with Gasteiger partial charge in [0.25, 0.3) is 0 Å². The molecule has 0 rings (SSSR count). The molecule has 22 heavy (non-hydrogen) atoms. The predicted octanol–water partition coefficient (Wildman–Crippen LogP) is 0.986. The van der Waals surface area contributed by atoms with Gasteiger partial charge in [0.05, 0.1) is 16.2 Å². The van der Waals surface area contributed by atoms with Gasteiger partial charge in [-0.25, -0.2) is 8.42 Å². The number of aliphatic hydroxyl groups excluding tert-OH is 1. The monoisotopic (exact) mass is 344 g/mol. The van der Waals surface area contributed by atoms with E-state index in [1.54, 1.807) is 0 Å². The van der Waals surface area contributed by atoms with E-state index in [1.807, 2.05) is 6.92 Å².